The van der Waals surface area contributed by atoms with Crippen LogP contribution in [-0.4, -0.2) is 52.6 Å². The first kappa shape index (κ1) is 14.5. The van der Waals surface area contributed by atoms with Crippen molar-refractivity contribution < 1.29 is 14.2 Å². The van der Waals surface area contributed by atoms with E-state index in [1.807, 2.05) is 0 Å². The molecule has 1 aliphatic rings. The van der Waals surface area contributed by atoms with Gasteiger partial charge in [0.25, 0.3) is 0 Å². The summed E-state index contributed by atoms with van der Waals surface area (Å²) in [5.41, 5.74) is 6.69. The van der Waals surface area contributed by atoms with Gasteiger partial charge in [-0.05, 0) is 0 Å². The molecule has 0 spiro atoms. The van der Waals surface area contributed by atoms with Gasteiger partial charge in [0.2, 0.25) is 5.95 Å². The topological polar surface area (TPSA) is 97.3 Å². The maximum atomic E-state index is 6.02. The van der Waals surface area contributed by atoms with Gasteiger partial charge in [0, 0.05) is 20.6 Å². The van der Waals surface area contributed by atoms with Crippen LogP contribution >= 0.6 is 11.6 Å². The van der Waals surface area contributed by atoms with E-state index in [9.17, 15) is 0 Å². The zero-order valence-corrected chi connectivity index (χ0v) is 12.4. The lowest BCUT2D eigenvalue weighted by Crippen LogP contribution is -2.27. The second-order valence-corrected chi connectivity index (χ2v) is 5.15. The molecular formula is C12H16ClN5O3. The molecule has 2 N–H and O–H groups in total. The number of nitrogen functional groups attached to an aromatic ring is 1. The molecule has 0 aliphatic carbocycles. The van der Waals surface area contributed by atoms with Gasteiger partial charge < -0.3 is 19.9 Å². The fourth-order valence-corrected chi connectivity index (χ4v) is 2.76. The van der Waals surface area contributed by atoms with Gasteiger partial charge in [0.05, 0.1) is 19.0 Å². The molecule has 1 saturated heterocycles. The largest absolute Gasteiger partial charge is 0.382 e. The molecule has 1 fully saturated rings. The quantitative estimate of drug-likeness (QED) is 0.841. The van der Waals surface area contributed by atoms with Gasteiger partial charge in [-0.15, -0.1) is 0 Å². The van der Waals surface area contributed by atoms with Crippen molar-refractivity contribution in [1.82, 2.24) is 19.5 Å². The minimum atomic E-state index is -0.259. The Morgan fingerprint density at radius 1 is 1.48 bits per heavy atom. The molecule has 2 aromatic rings. The summed E-state index contributed by atoms with van der Waals surface area (Å²) in [5.74, 6) is 0.101. The highest BCUT2D eigenvalue weighted by Crippen LogP contribution is 2.33. The average Bonchev–Trinajstić information content (AvgIpc) is 3.02. The van der Waals surface area contributed by atoms with Crippen LogP contribution in [0.15, 0.2) is 6.33 Å². The molecular weight excluding hydrogens is 298 g/mol. The zero-order chi connectivity index (χ0) is 15.0. The van der Waals surface area contributed by atoms with Crippen LogP contribution in [0.1, 0.15) is 12.6 Å². The Balaban J connectivity index is 1.94. The first-order valence-corrected chi connectivity index (χ1v) is 6.84. The second kappa shape index (κ2) is 5.72. The van der Waals surface area contributed by atoms with Gasteiger partial charge in [0.15, 0.2) is 10.8 Å². The van der Waals surface area contributed by atoms with E-state index in [4.69, 9.17) is 31.5 Å². The van der Waals surface area contributed by atoms with Crippen LogP contribution in [-0.2, 0) is 14.2 Å². The van der Waals surface area contributed by atoms with Gasteiger partial charge in [0.1, 0.15) is 17.8 Å². The van der Waals surface area contributed by atoms with Crippen LogP contribution in [0.4, 0.5) is 5.95 Å². The molecule has 0 saturated carbocycles. The number of nitrogens with zero attached hydrogens (tertiary/aromatic N) is 4. The van der Waals surface area contributed by atoms with Crippen LogP contribution in [0.3, 0.4) is 0 Å². The lowest BCUT2D eigenvalue weighted by molar-refractivity contribution is -0.0597. The summed E-state index contributed by atoms with van der Waals surface area (Å²) in [7, 11) is 3.28. The fraction of sp³-hybridized carbons (Fsp3) is 0.583. The predicted molar refractivity (Wildman–Crippen MR) is 75.9 cm³/mol. The number of methoxy groups -OCH3 is 2. The lowest BCUT2D eigenvalue weighted by atomic mass is 10.2. The Bertz CT molecular complexity index is 649. The smallest absolute Gasteiger partial charge is 0.223 e. The molecule has 0 amide bonds. The maximum Gasteiger partial charge on any atom is 0.223 e. The van der Waals surface area contributed by atoms with Crippen molar-refractivity contribution in [3.63, 3.8) is 0 Å². The van der Waals surface area contributed by atoms with E-state index in [1.54, 1.807) is 25.1 Å². The molecule has 3 rings (SSSR count). The Morgan fingerprint density at radius 2 is 2.29 bits per heavy atom. The SMILES string of the molecule is COC[C@H]1O[C@@H](n2cnc3c(Cl)nc(N)nc32)CC1OC. The van der Waals surface area contributed by atoms with Crippen LogP contribution < -0.4 is 5.73 Å². The molecule has 114 valence electrons. The van der Waals surface area contributed by atoms with Gasteiger partial charge >= 0.3 is 0 Å². The number of halogens is 1. The van der Waals surface area contributed by atoms with E-state index in [0.29, 0.717) is 24.2 Å². The van der Waals surface area contributed by atoms with Crippen molar-refractivity contribution in [2.75, 3.05) is 26.6 Å². The minimum Gasteiger partial charge on any atom is -0.382 e. The first-order chi connectivity index (χ1) is 10.1. The molecule has 0 radical (unpaired) electrons. The number of hydrogen-bond donors (Lipinski definition) is 1. The van der Waals surface area contributed by atoms with Crippen LogP contribution in [0.2, 0.25) is 5.15 Å². The third-order valence-electron chi connectivity index (χ3n) is 3.52. The van der Waals surface area contributed by atoms with Crippen molar-refractivity contribution in [3.05, 3.63) is 11.5 Å². The van der Waals surface area contributed by atoms with E-state index in [-0.39, 0.29) is 29.5 Å². The summed E-state index contributed by atoms with van der Waals surface area (Å²) in [6.07, 6.45) is 1.83. The van der Waals surface area contributed by atoms with E-state index < -0.39 is 0 Å². The maximum absolute atomic E-state index is 6.02. The van der Waals surface area contributed by atoms with E-state index in [1.165, 1.54) is 0 Å². The number of imidazole rings is 1. The number of hydrogen-bond acceptors (Lipinski definition) is 7. The molecule has 3 atom stereocenters. The Labute approximate surface area is 126 Å². The Morgan fingerprint density at radius 3 is 3.00 bits per heavy atom. The van der Waals surface area contributed by atoms with Gasteiger partial charge in [-0.25, -0.2) is 4.98 Å². The zero-order valence-electron chi connectivity index (χ0n) is 11.7. The summed E-state index contributed by atoms with van der Waals surface area (Å²) < 4.78 is 18.4. The van der Waals surface area contributed by atoms with Gasteiger partial charge in [-0.2, -0.15) is 9.97 Å². The molecule has 9 heteroatoms. The van der Waals surface area contributed by atoms with Crippen molar-refractivity contribution in [3.8, 4) is 0 Å². The highest BCUT2D eigenvalue weighted by Gasteiger charge is 2.37. The number of rotatable bonds is 4. The lowest BCUT2D eigenvalue weighted by Gasteiger charge is -2.16. The van der Waals surface area contributed by atoms with Crippen LogP contribution in [0, 0.1) is 0 Å². The Hall–Kier alpha value is -1.48. The van der Waals surface area contributed by atoms with E-state index in [2.05, 4.69) is 15.0 Å². The van der Waals surface area contributed by atoms with Crippen molar-refractivity contribution >= 4 is 28.7 Å². The number of aromatic nitrogens is 4. The third-order valence-corrected chi connectivity index (χ3v) is 3.78. The standard InChI is InChI=1S/C12H16ClN5O3/c1-19-4-7-6(20-2)3-8(21-7)18-5-15-9-10(13)16-12(14)17-11(9)18/h5-8H,3-4H2,1-2H3,(H2,14,16,17)/t6?,7-,8-/m1/s1. The van der Waals surface area contributed by atoms with Gasteiger partial charge in [-0.1, -0.05) is 11.6 Å². The average molecular weight is 314 g/mol. The van der Waals surface area contributed by atoms with Crippen molar-refractivity contribution in [1.29, 1.82) is 0 Å². The molecule has 21 heavy (non-hydrogen) atoms. The molecule has 2 aromatic heterocycles. The van der Waals surface area contributed by atoms with Crippen molar-refractivity contribution in [2.45, 2.75) is 24.9 Å². The summed E-state index contributed by atoms with van der Waals surface area (Å²) in [4.78, 5) is 12.3. The summed E-state index contributed by atoms with van der Waals surface area (Å²) in [6.45, 7) is 0.458. The first-order valence-electron chi connectivity index (χ1n) is 6.46. The second-order valence-electron chi connectivity index (χ2n) is 4.79. The number of anilines is 1. The molecule has 0 aromatic carbocycles. The van der Waals surface area contributed by atoms with E-state index in [0.717, 1.165) is 0 Å². The molecule has 0 bridgehead atoms. The normalized spacial score (nSPS) is 25.8. The van der Waals surface area contributed by atoms with Crippen LogP contribution in [0.5, 0.6) is 0 Å². The molecule has 1 unspecified atom stereocenters. The monoisotopic (exact) mass is 313 g/mol. The summed E-state index contributed by atoms with van der Waals surface area (Å²) in [6, 6.07) is 0. The van der Waals surface area contributed by atoms with E-state index >= 15 is 0 Å². The fourth-order valence-electron chi connectivity index (χ4n) is 2.54. The Kier molecular flexibility index (Phi) is 3.94. The summed E-state index contributed by atoms with van der Waals surface area (Å²) in [5, 5.41) is 0.228. The van der Waals surface area contributed by atoms with Crippen LogP contribution in [0.25, 0.3) is 11.2 Å². The predicted octanol–water partition coefficient (Wildman–Crippen LogP) is 1.01. The van der Waals surface area contributed by atoms with Crippen molar-refractivity contribution in [2.24, 2.45) is 0 Å². The third kappa shape index (κ3) is 2.55. The number of fused-ring (bicyclic) bond motifs is 1. The molecule has 3 heterocycles. The number of nitrogens with two attached hydrogens (primary N) is 1. The molecule has 1 aliphatic heterocycles. The minimum absolute atomic E-state index is 0.0537. The highest BCUT2D eigenvalue weighted by molar-refractivity contribution is 6.33. The molecule has 8 nitrogen and oxygen atoms in total. The number of ether oxygens (including phenoxy) is 3. The highest BCUT2D eigenvalue weighted by atomic mass is 35.5. The van der Waals surface area contributed by atoms with Gasteiger partial charge in [-0.3, -0.25) is 4.57 Å². The summed E-state index contributed by atoms with van der Waals surface area (Å²) >= 11 is 6.02.